The zero-order valence-corrected chi connectivity index (χ0v) is 22.9. The number of benzene rings is 3. The second-order valence-corrected chi connectivity index (χ2v) is 9.17. The molecule has 0 aliphatic carbocycles. The first-order valence-corrected chi connectivity index (χ1v) is 13.2. The lowest BCUT2D eigenvalue weighted by Crippen LogP contribution is -2.36. The Morgan fingerprint density at radius 3 is 2.40 bits per heavy atom. The quantitative estimate of drug-likeness (QED) is 0.292. The zero-order chi connectivity index (χ0) is 28.5. The monoisotopic (exact) mass is 546 g/mol. The third-order valence-electron chi connectivity index (χ3n) is 6.47. The van der Waals surface area contributed by atoms with E-state index in [1.54, 1.807) is 47.4 Å². The number of methoxy groups -OCH3 is 1. The van der Waals surface area contributed by atoms with Crippen molar-refractivity contribution >= 4 is 34.8 Å². The molecule has 210 valence electrons. The predicted molar refractivity (Wildman–Crippen MR) is 153 cm³/mol. The summed E-state index contributed by atoms with van der Waals surface area (Å²) >= 11 is 0. The first kappa shape index (κ1) is 28.3. The number of hydrazine groups is 1. The van der Waals surface area contributed by atoms with Crippen LogP contribution in [-0.4, -0.2) is 44.6 Å². The molecule has 10 heteroatoms. The third kappa shape index (κ3) is 7.02. The molecular weight excluding hydrogens is 512 g/mol. The molecule has 1 heterocycles. The van der Waals surface area contributed by atoms with Crippen molar-refractivity contribution in [3.05, 3.63) is 72.3 Å². The van der Waals surface area contributed by atoms with E-state index in [0.717, 1.165) is 12.1 Å². The van der Waals surface area contributed by atoms with Crippen LogP contribution in [0.25, 0.3) is 0 Å². The topological polar surface area (TPSA) is 118 Å². The molecule has 10 nitrogen and oxygen atoms in total. The Hall–Kier alpha value is -4.73. The lowest BCUT2D eigenvalue weighted by molar-refractivity contribution is -0.125. The Balaban J connectivity index is 1.34. The van der Waals surface area contributed by atoms with Crippen LogP contribution in [-0.2, 0) is 20.8 Å². The second kappa shape index (κ2) is 13.4. The number of carbonyl (C=O) groups is 3. The molecule has 0 bridgehead atoms. The van der Waals surface area contributed by atoms with Crippen LogP contribution in [0.3, 0.4) is 0 Å². The van der Waals surface area contributed by atoms with Gasteiger partial charge in [-0.25, -0.2) is 0 Å². The lowest BCUT2D eigenvalue weighted by atomic mass is 10.1. The highest BCUT2D eigenvalue weighted by molar-refractivity contribution is 6.00. The van der Waals surface area contributed by atoms with Gasteiger partial charge in [-0.2, -0.15) is 0 Å². The van der Waals surface area contributed by atoms with Crippen molar-refractivity contribution in [2.24, 2.45) is 5.92 Å². The Labute approximate surface area is 233 Å². The summed E-state index contributed by atoms with van der Waals surface area (Å²) in [5, 5.41) is 2.77. The van der Waals surface area contributed by atoms with Crippen molar-refractivity contribution in [2.75, 3.05) is 42.5 Å². The standard InChI is InChI=1S/C30H34N4O6/c1-4-20-9-13-23(14-10-20)34-18-21(17-28(34)36)30(37)33-32-25-7-6-8-26(38-3)29(25)40-19-27(35)31-22-11-15-24(16-12-22)39-5-2/h6-16,21,32H,4-5,17-19H2,1-3H3,(H,31,35)(H,33,37)/t21-/m1/s1. The fourth-order valence-corrected chi connectivity index (χ4v) is 4.34. The summed E-state index contributed by atoms with van der Waals surface area (Å²) in [6.45, 7) is 4.51. The molecule has 1 fully saturated rings. The summed E-state index contributed by atoms with van der Waals surface area (Å²) < 4.78 is 16.6. The summed E-state index contributed by atoms with van der Waals surface area (Å²) in [5.41, 5.74) is 8.49. The molecule has 0 spiro atoms. The minimum Gasteiger partial charge on any atom is -0.494 e. The van der Waals surface area contributed by atoms with E-state index in [9.17, 15) is 14.4 Å². The maximum absolute atomic E-state index is 12.9. The van der Waals surface area contributed by atoms with Gasteiger partial charge in [0.2, 0.25) is 11.8 Å². The van der Waals surface area contributed by atoms with E-state index in [2.05, 4.69) is 23.1 Å². The van der Waals surface area contributed by atoms with Gasteiger partial charge in [-0.05, 0) is 67.4 Å². The molecule has 40 heavy (non-hydrogen) atoms. The molecule has 0 unspecified atom stereocenters. The maximum atomic E-state index is 12.9. The molecular formula is C30H34N4O6. The largest absolute Gasteiger partial charge is 0.494 e. The number of para-hydroxylation sites is 1. The van der Waals surface area contributed by atoms with Gasteiger partial charge in [0.1, 0.15) is 5.75 Å². The van der Waals surface area contributed by atoms with Crippen LogP contribution in [0.15, 0.2) is 66.7 Å². The molecule has 1 atom stereocenters. The first-order chi connectivity index (χ1) is 19.4. The van der Waals surface area contributed by atoms with Gasteiger partial charge in [0.25, 0.3) is 5.91 Å². The fraction of sp³-hybridized carbons (Fsp3) is 0.300. The molecule has 0 aromatic heterocycles. The number of nitrogens with one attached hydrogen (secondary N) is 3. The van der Waals surface area contributed by atoms with Crippen LogP contribution in [0.5, 0.6) is 17.2 Å². The maximum Gasteiger partial charge on any atom is 0.262 e. The number of hydrogen-bond acceptors (Lipinski definition) is 7. The number of nitrogens with zero attached hydrogens (tertiary/aromatic N) is 1. The molecule has 3 amide bonds. The van der Waals surface area contributed by atoms with Crippen molar-refractivity contribution in [2.45, 2.75) is 26.7 Å². The number of amides is 3. The Morgan fingerprint density at radius 2 is 1.73 bits per heavy atom. The van der Waals surface area contributed by atoms with Gasteiger partial charge in [0, 0.05) is 24.3 Å². The van der Waals surface area contributed by atoms with E-state index in [4.69, 9.17) is 14.2 Å². The van der Waals surface area contributed by atoms with E-state index in [-0.39, 0.29) is 43.0 Å². The van der Waals surface area contributed by atoms with Gasteiger partial charge >= 0.3 is 0 Å². The SMILES string of the molecule is CCOc1ccc(NC(=O)COc2c(NNC(=O)[C@@H]3CC(=O)N(c4ccc(CC)cc4)C3)cccc2OC)cc1. The third-order valence-corrected chi connectivity index (χ3v) is 6.47. The van der Waals surface area contributed by atoms with Crippen LogP contribution in [0, 0.1) is 5.92 Å². The molecule has 3 aromatic rings. The summed E-state index contributed by atoms with van der Waals surface area (Å²) in [4.78, 5) is 39.7. The summed E-state index contributed by atoms with van der Waals surface area (Å²) in [7, 11) is 1.48. The summed E-state index contributed by atoms with van der Waals surface area (Å²) in [5.74, 6) is 0.0145. The normalized spacial score (nSPS) is 14.4. The number of ether oxygens (including phenoxy) is 3. The molecule has 1 saturated heterocycles. The van der Waals surface area contributed by atoms with Crippen molar-refractivity contribution in [1.29, 1.82) is 0 Å². The van der Waals surface area contributed by atoms with Crippen LogP contribution in [0.1, 0.15) is 25.8 Å². The molecule has 0 saturated carbocycles. The Kier molecular flexibility index (Phi) is 9.45. The van der Waals surface area contributed by atoms with Gasteiger partial charge in [0.15, 0.2) is 18.1 Å². The summed E-state index contributed by atoms with van der Waals surface area (Å²) in [6.07, 6.45) is 1.02. The highest BCUT2D eigenvalue weighted by Gasteiger charge is 2.35. The second-order valence-electron chi connectivity index (χ2n) is 9.17. The highest BCUT2D eigenvalue weighted by atomic mass is 16.5. The average molecular weight is 547 g/mol. The van der Waals surface area contributed by atoms with Crippen molar-refractivity contribution in [3.63, 3.8) is 0 Å². The number of aryl methyl sites for hydroxylation is 1. The number of anilines is 3. The first-order valence-electron chi connectivity index (χ1n) is 13.2. The Bertz CT molecular complexity index is 1330. The van der Waals surface area contributed by atoms with E-state index < -0.39 is 5.92 Å². The van der Waals surface area contributed by atoms with Crippen LogP contribution < -0.4 is 35.3 Å². The zero-order valence-electron chi connectivity index (χ0n) is 22.9. The highest BCUT2D eigenvalue weighted by Crippen LogP contribution is 2.35. The lowest BCUT2D eigenvalue weighted by Gasteiger charge is -2.19. The van der Waals surface area contributed by atoms with Crippen molar-refractivity contribution in [3.8, 4) is 17.2 Å². The van der Waals surface area contributed by atoms with Gasteiger partial charge in [-0.3, -0.25) is 25.2 Å². The van der Waals surface area contributed by atoms with Crippen LogP contribution in [0.4, 0.5) is 17.1 Å². The smallest absolute Gasteiger partial charge is 0.262 e. The Morgan fingerprint density at radius 1 is 0.975 bits per heavy atom. The number of carbonyl (C=O) groups excluding carboxylic acids is 3. The minimum atomic E-state index is -0.527. The van der Waals surface area contributed by atoms with E-state index >= 15 is 0 Å². The van der Waals surface area contributed by atoms with E-state index in [1.807, 2.05) is 31.2 Å². The molecule has 3 N–H and O–H groups in total. The van der Waals surface area contributed by atoms with Crippen molar-refractivity contribution in [1.82, 2.24) is 5.43 Å². The van der Waals surface area contributed by atoms with E-state index in [0.29, 0.717) is 29.5 Å². The van der Waals surface area contributed by atoms with Gasteiger partial charge in [-0.15, -0.1) is 0 Å². The number of hydrogen-bond donors (Lipinski definition) is 3. The van der Waals surface area contributed by atoms with E-state index in [1.165, 1.54) is 12.7 Å². The minimum absolute atomic E-state index is 0.103. The van der Waals surface area contributed by atoms with Crippen molar-refractivity contribution < 1.29 is 28.6 Å². The average Bonchev–Trinajstić information content (AvgIpc) is 3.37. The van der Waals surface area contributed by atoms with Gasteiger partial charge in [0.05, 0.1) is 25.3 Å². The molecule has 4 rings (SSSR count). The number of rotatable bonds is 12. The van der Waals surface area contributed by atoms with Gasteiger partial charge in [-0.1, -0.05) is 25.1 Å². The molecule has 1 aliphatic heterocycles. The van der Waals surface area contributed by atoms with Crippen LogP contribution in [0.2, 0.25) is 0 Å². The molecule has 3 aromatic carbocycles. The van der Waals surface area contributed by atoms with Gasteiger partial charge < -0.3 is 24.4 Å². The fourth-order valence-electron chi connectivity index (χ4n) is 4.34. The predicted octanol–water partition coefficient (Wildman–Crippen LogP) is 4.17. The van der Waals surface area contributed by atoms with Crippen LogP contribution >= 0.6 is 0 Å². The summed E-state index contributed by atoms with van der Waals surface area (Å²) in [6, 6.07) is 19.9. The molecule has 1 aliphatic rings. The molecule has 0 radical (unpaired) electrons.